The second-order valence-corrected chi connectivity index (χ2v) is 4.20. The van der Waals surface area contributed by atoms with E-state index in [1.165, 1.54) is 0 Å². The largest absolute Gasteiger partial charge is 0.465 e. The molecule has 2 rings (SSSR count). The van der Waals surface area contributed by atoms with Crippen molar-refractivity contribution in [2.75, 3.05) is 19.7 Å². The van der Waals surface area contributed by atoms with Crippen LogP contribution in [0.4, 0.5) is 0 Å². The van der Waals surface area contributed by atoms with Gasteiger partial charge in [0.2, 0.25) is 0 Å². The van der Waals surface area contributed by atoms with E-state index in [0.717, 1.165) is 25.1 Å². The van der Waals surface area contributed by atoms with Gasteiger partial charge in [0.15, 0.2) is 0 Å². The van der Waals surface area contributed by atoms with Crippen molar-refractivity contribution >= 4 is 5.97 Å². The second-order valence-electron chi connectivity index (χ2n) is 4.20. The van der Waals surface area contributed by atoms with Crippen LogP contribution in [0.25, 0.3) is 0 Å². The lowest BCUT2D eigenvalue weighted by Crippen LogP contribution is -2.17. The predicted octanol–water partition coefficient (Wildman–Crippen LogP) is 1.38. The maximum absolute atomic E-state index is 11.5. The van der Waals surface area contributed by atoms with E-state index < -0.39 is 0 Å². The molecule has 0 aromatic heterocycles. The Kier molecular flexibility index (Phi) is 3.94. The third-order valence-corrected chi connectivity index (χ3v) is 2.83. The minimum atomic E-state index is -0.127. The number of ether oxygens (including phenoxy) is 1. The minimum absolute atomic E-state index is 0.127. The van der Waals surface area contributed by atoms with Crippen molar-refractivity contribution in [1.82, 2.24) is 5.32 Å². The van der Waals surface area contributed by atoms with E-state index in [-0.39, 0.29) is 5.97 Å². The Morgan fingerprint density at radius 3 is 2.88 bits per heavy atom. The van der Waals surface area contributed by atoms with Gasteiger partial charge in [0, 0.05) is 12.5 Å². The fourth-order valence-electron chi connectivity index (χ4n) is 1.88. The van der Waals surface area contributed by atoms with Crippen LogP contribution in [0.15, 0.2) is 30.3 Å². The normalized spacial score (nSPS) is 19.6. The highest BCUT2D eigenvalue weighted by Crippen LogP contribution is 2.08. The maximum atomic E-state index is 11.5. The zero-order valence-corrected chi connectivity index (χ0v) is 9.32. The molecule has 0 aliphatic carbocycles. The highest BCUT2D eigenvalue weighted by Gasteiger charge is 2.16. The van der Waals surface area contributed by atoms with Gasteiger partial charge in [0.05, 0.1) is 13.0 Å². The molecule has 1 aliphatic heterocycles. The highest BCUT2D eigenvalue weighted by atomic mass is 16.5. The molecular weight excluding hydrogens is 202 g/mol. The van der Waals surface area contributed by atoms with Gasteiger partial charge in [-0.3, -0.25) is 4.79 Å². The molecule has 0 spiro atoms. The molecule has 0 bridgehead atoms. The first-order chi connectivity index (χ1) is 7.84. The zero-order valence-electron chi connectivity index (χ0n) is 9.32. The van der Waals surface area contributed by atoms with Crippen molar-refractivity contribution in [2.24, 2.45) is 5.92 Å². The Hall–Kier alpha value is -1.35. The Labute approximate surface area is 95.8 Å². The highest BCUT2D eigenvalue weighted by molar-refractivity contribution is 5.72. The predicted molar refractivity (Wildman–Crippen MR) is 62.1 cm³/mol. The SMILES string of the molecule is O=C(Cc1ccccc1)OCC1CCNC1. The van der Waals surface area contributed by atoms with Crippen molar-refractivity contribution in [3.63, 3.8) is 0 Å². The summed E-state index contributed by atoms with van der Waals surface area (Å²) in [6.07, 6.45) is 1.49. The van der Waals surface area contributed by atoms with Crippen molar-refractivity contribution in [3.8, 4) is 0 Å². The van der Waals surface area contributed by atoms with Crippen LogP contribution >= 0.6 is 0 Å². The number of hydrogen-bond acceptors (Lipinski definition) is 3. The first-order valence-corrected chi connectivity index (χ1v) is 5.75. The third-order valence-electron chi connectivity index (χ3n) is 2.83. The molecule has 1 fully saturated rings. The van der Waals surface area contributed by atoms with E-state index in [1.807, 2.05) is 30.3 Å². The monoisotopic (exact) mass is 219 g/mol. The summed E-state index contributed by atoms with van der Waals surface area (Å²) in [7, 11) is 0. The van der Waals surface area contributed by atoms with E-state index in [1.54, 1.807) is 0 Å². The number of carbonyl (C=O) groups is 1. The van der Waals surface area contributed by atoms with Gasteiger partial charge < -0.3 is 10.1 Å². The van der Waals surface area contributed by atoms with Gasteiger partial charge in [-0.2, -0.15) is 0 Å². The molecule has 3 heteroatoms. The summed E-state index contributed by atoms with van der Waals surface area (Å²) in [4.78, 5) is 11.5. The molecule has 0 amide bonds. The van der Waals surface area contributed by atoms with Crippen LogP contribution in [0.5, 0.6) is 0 Å². The second kappa shape index (κ2) is 5.66. The minimum Gasteiger partial charge on any atom is -0.465 e. The standard InChI is InChI=1S/C13H17NO2/c15-13(8-11-4-2-1-3-5-11)16-10-12-6-7-14-9-12/h1-5,12,14H,6-10H2. The molecule has 1 unspecified atom stereocenters. The zero-order chi connectivity index (χ0) is 11.2. The number of nitrogens with one attached hydrogen (secondary N) is 1. The van der Waals surface area contributed by atoms with E-state index >= 15 is 0 Å². The van der Waals surface area contributed by atoms with Crippen molar-refractivity contribution in [3.05, 3.63) is 35.9 Å². The molecule has 1 aliphatic rings. The van der Waals surface area contributed by atoms with Crippen LogP contribution in [0, 0.1) is 5.92 Å². The van der Waals surface area contributed by atoms with Crippen LogP contribution in [0.3, 0.4) is 0 Å². The number of rotatable bonds is 4. The number of esters is 1. The molecule has 16 heavy (non-hydrogen) atoms. The first kappa shape index (κ1) is 11.1. The molecule has 1 aromatic rings. The van der Waals surface area contributed by atoms with Gasteiger partial charge in [0.1, 0.15) is 0 Å². The Bertz CT molecular complexity index is 331. The Morgan fingerprint density at radius 2 is 2.19 bits per heavy atom. The third kappa shape index (κ3) is 3.35. The van der Waals surface area contributed by atoms with Crippen LogP contribution in [0.2, 0.25) is 0 Å². The molecule has 1 aromatic carbocycles. The van der Waals surface area contributed by atoms with Crippen molar-refractivity contribution in [1.29, 1.82) is 0 Å². The number of hydrogen-bond donors (Lipinski definition) is 1. The van der Waals surface area contributed by atoms with Gasteiger partial charge in [-0.1, -0.05) is 30.3 Å². The topological polar surface area (TPSA) is 38.3 Å². The smallest absolute Gasteiger partial charge is 0.310 e. The fourth-order valence-corrected chi connectivity index (χ4v) is 1.88. The van der Waals surface area contributed by atoms with Gasteiger partial charge >= 0.3 is 5.97 Å². The van der Waals surface area contributed by atoms with E-state index in [0.29, 0.717) is 18.9 Å². The van der Waals surface area contributed by atoms with Crippen molar-refractivity contribution in [2.45, 2.75) is 12.8 Å². The van der Waals surface area contributed by atoms with E-state index in [4.69, 9.17) is 4.74 Å². The average Bonchev–Trinajstić information content (AvgIpc) is 2.81. The summed E-state index contributed by atoms with van der Waals surface area (Å²) in [5.74, 6) is 0.373. The lowest BCUT2D eigenvalue weighted by molar-refractivity contribution is -0.144. The van der Waals surface area contributed by atoms with Crippen LogP contribution in [-0.2, 0) is 16.0 Å². The Balaban J connectivity index is 1.72. The summed E-state index contributed by atoms with van der Waals surface area (Å²) < 4.78 is 5.25. The van der Waals surface area contributed by atoms with Crippen LogP contribution in [0.1, 0.15) is 12.0 Å². The quantitative estimate of drug-likeness (QED) is 0.777. The molecule has 0 radical (unpaired) electrons. The molecule has 3 nitrogen and oxygen atoms in total. The summed E-state index contributed by atoms with van der Waals surface area (Å²) in [5.41, 5.74) is 1.01. The van der Waals surface area contributed by atoms with Gasteiger partial charge in [-0.25, -0.2) is 0 Å². The van der Waals surface area contributed by atoms with Crippen LogP contribution in [-0.4, -0.2) is 25.7 Å². The Morgan fingerprint density at radius 1 is 1.38 bits per heavy atom. The molecule has 1 heterocycles. The van der Waals surface area contributed by atoms with Gasteiger partial charge in [-0.05, 0) is 18.5 Å². The fraction of sp³-hybridized carbons (Fsp3) is 0.462. The summed E-state index contributed by atoms with van der Waals surface area (Å²) in [6, 6.07) is 9.70. The van der Waals surface area contributed by atoms with E-state index in [2.05, 4.69) is 5.32 Å². The summed E-state index contributed by atoms with van der Waals surface area (Å²) in [5, 5.41) is 3.25. The first-order valence-electron chi connectivity index (χ1n) is 5.75. The van der Waals surface area contributed by atoms with Gasteiger partial charge in [0.25, 0.3) is 0 Å². The van der Waals surface area contributed by atoms with Crippen molar-refractivity contribution < 1.29 is 9.53 Å². The molecule has 1 N–H and O–H groups in total. The molecule has 0 saturated carbocycles. The van der Waals surface area contributed by atoms with Crippen LogP contribution < -0.4 is 5.32 Å². The lowest BCUT2D eigenvalue weighted by atomic mass is 10.1. The summed E-state index contributed by atoms with van der Waals surface area (Å²) in [6.45, 7) is 2.57. The molecule has 1 saturated heterocycles. The maximum Gasteiger partial charge on any atom is 0.310 e. The molecule has 1 atom stereocenters. The molecule has 86 valence electrons. The van der Waals surface area contributed by atoms with Gasteiger partial charge in [-0.15, -0.1) is 0 Å². The summed E-state index contributed by atoms with van der Waals surface area (Å²) >= 11 is 0. The number of benzene rings is 1. The number of carbonyl (C=O) groups excluding carboxylic acids is 1. The van der Waals surface area contributed by atoms with E-state index in [9.17, 15) is 4.79 Å². The average molecular weight is 219 g/mol. The lowest BCUT2D eigenvalue weighted by Gasteiger charge is -2.09. The molecular formula is C13H17NO2.